The fraction of sp³-hybridized carbons (Fsp3) is 0.261. The monoisotopic (exact) mass is 422 g/mol. The molecule has 8 heteroatoms. The lowest BCUT2D eigenvalue weighted by atomic mass is 10.1. The highest BCUT2D eigenvalue weighted by Gasteiger charge is 2.25. The van der Waals surface area contributed by atoms with Gasteiger partial charge in [0, 0.05) is 24.5 Å². The van der Waals surface area contributed by atoms with Crippen LogP contribution in [0.15, 0.2) is 71.8 Å². The summed E-state index contributed by atoms with van der Waals surface area (Å²) >= 11 is 0. The fourth-order valence-corrected chi connectivity index (χ4v) is 2.97. The number of H-pyrrole nitrogens is 1. The van der Waals surface area contributed by atoms with Gasteiger partial charge in [0.1, 0.15) is 11.6 Å². The van der Waals surface area contributed by atoms with E-state index < -0.39 is 17.7 Å². The number of aromatic nitrogens is 2. The molecule has 0 aliphatic rings. The Morgan fingerprint density at radius 1 is 1.06 bits per heavy atom. The summed E-state index contributed by atoms with van der Waals surface area (Å²) in [5.41, 5.74) is 1.18. The summed E-state index contributed by atoms with van der Waals surface area (Å²) in [5.74, 6) is -0.374. The molecule has 0 bridgehead atoms. The first-order chi connectivity index (χ1) is 14.7. The van der Waals surface area contributed by atoms with Crippen LogP contribution in [-0.4, -0.2) is 33.2 Å². The molecule has 1 heterocycles. The summed E-state index contributed by atoms with van der Waals surface area (Å²) in [6.45, 7) is 5.28. The lowest BCUT2D eigenvalue weighted by molar-refractivity contribution is -0.118. The van der Waals surface area contributed by atoms with Crippen LogP contribution in [0.1, 0.15) is 26.3 Å². The molecule has 0 saturated carbocycles. The van der Waals surface area contributed by atoms with Crippen LogP contribution in [0.4, 0.5) is 10.5 Å². The van der Waals surface area contributed by atoms with E-state index >= 15 is 0 Å². The number of alkyl carbamates (subject to hydrolysis) is 1. The van der Waals surface area contributed by atoms with E-state index in [1.54, 1.807) is 57.4 Å². The Balaban J connectivity index is 1.73. The predicted molar refractivity (Wildman–Crippen MR) is 118 cm³/mol. The molecule has 0 aliphatic carbocycles. The van der Waals surface area contributed by atoms with Gasteiger partial charge in [-0.15, -0.1) is 0 Å². The number of nitrogens with one attached hydrogen (secondary N) is 3. The van der Waals surface area contributed by atoms with E-state index in [4.69, 9.17) is 4.74 Å². The van der Waals surface area contributed by atoms with Gasteiger partial charge in [0.15, 0.2) is 0 Å². The molecule has 1 atom stereocenters. The summed E-state index contributed by atoms with van der Waals surface area (Å²) in [7, 11) is 0. The minimum Gasteiger partial charge on any atom is -0.444 e. The molecule has 0 spiro atoms. The molecular formula is C23H26N4O4. The minimum atomic E-state index is -0.829. The van der Waals surface area contributed by atoms with Crippen LogP contribution in [0.2, 0.25) is 0 Å². The van der Waals surface area contributed by atoms with Gasteiger partial charge in [0.05, 0.1) is 5.69 Å². The largest absolute Gasteiger partial charge is 0.444 e. The third-order valence-electron chi connectivity index (χ3n) is 4.35. The highest BCUT2D eigenvalue weighted by atomic mass is 16.6. The predicted octanol–water partition coefficient (Wildman–Crippen LogP) is 3.24. The van der Waals surface area contributed by atoms with E-state index in [2.05, 4.69) is 15.6 Å². The summed E-state index contributed by atoms with van der Waals surface area (Å²) in [6, 6.07) is 15.4. The van der Waals surface area contributed by atoms with Gasteiger partial charge in [-0.3, -0.25) is 9.36 Å². The van der Waals surface area contributed by atoms with E-state index in [0.29, 0.717) is 17.8 Å². The van der Waals surface area contributed by atoms with E-state index in [1.165, 1.54) is 4.57 Å². The molecule has 1 unspecified atom stereocenters. The van der Waals surface area contributed by atoms with Crippen LogP contribution in [-0.2, 0) is 16.0 Å². The third kappa shape index (κ3) is 6.33. The van der Waals surface area contributed by atoms with Crippen molar-refractivity contribution in [2.75, 3.05) is 5.32 Å². The van der Waals surface area contributed by atoms with Crippen molar-refractivity contribution in [3.63, 3.8) is 0 Å². The van der Waals surface area contributed by atoms with Gasteiger partial charge >= 0.3 is 11.8 Å². The van der Waals surface area contributed by atoms with Crippen LogP contribution in [0.5, 0.6) is 0 Å². The van der Waals surface area contributed by atoms with Crippen molar-refractivity contribution in [3.05, 3.63) is 83.0 Å². The molecule has 1 aromatic heterocycles. The number of benzene rings is 2. The van der Waals surface area contributed by atoms with Crippen molar-refractivity contribution in [2.24, 2.45) is 0 Å². The van der Waals surface area contributed by atoms with Gasteiger partial charge < -0.3 is 20.4 Å². The van der Waals surface area contributed by atoms with Gasteiger partial charge in [0.25, 0.3) is 0 Å². The zero-order valence-electron chi connectivity index (χ0n) is 17.7. The molecule has 2 aromatic carbocycles. The lowest BCUT2D eigenvalue weighted by Crippen LogP contribution is -2.47. The maximum atomic E-state index is 12.9. The van der Waals surface area contributed by atoms with Crippen molar-refractivity contribution in [3.8, 4) is 5.69 Å². The topological polar surface area (TPSA) is 105 Å². The Bertz CT molecular complexity index is 1080. The van der Waals surface area contributed by atoms with Crippen molar-refractivity contribution in [1.29, 1.82) is 0 Å². The molecular weight excluding hydrogens is 396 g/mol. The number of carbonyl (C=O) groups excluding carboxylic acids is 2. The van der Waals surface area contributed by atoms with Crippen molar-refractivity contribution in [2.45, 2.75) is 38.8 Å². The molecule has 2 amide bonds. The minimum absolute atomic E-state index is 0.249. The zero-order chi connectivity index (χ0) is 22.4. The van der Waals surface area contributed by atoms with Crippen molar-refractivity contribution >= 4 is 17.7 Å². The molecule has 0 aliphatic heterocycles. The standard InChI is InChI=1S/C23H26N4O4/c1-23(2,3)31-22(30)26-19(15-16-7-5-4-6-8-16)20(28)25-17-9-11-18(12-10-17)27-14-13-24-21(27)29/h4-14,19H,15H2,1-3H3,(H,24,29)(H,25,28)(H,26,30). The maximum absolute atomic E-state index is 12.9. The van der Waals surface area contributed by atoms with Crippen LogP contribution in [0.3, 0.4) is 0 Å². The number of anilines is 1. The van der Waals surface area contributed by atoms with E-state index in [0.717, 1.165) is 5.56 Å². The Hall–Kier alpha value is -3.81. The molecule has 3 aromatic rings. The second-order valence-corrected chi connectivity index (χ2v) is 8.06. The summed E-state index contributed by atoms with van der Waals surface area (Å²) in [5, 5.41) is 5.47. The SMILES string of the molecule is CC(C)(C)OC(=O)NC(Cc1ccccc1)C(=O)Nc1ccc(-n2cc[nH]c2=O)cc1. The van der Waals surface area contributed by atoms with Gasteiger partial charge in [-0.1, -0.05) is 30.3 Å². The Kier molecular flexibility index (Phi) is 6.59. The molecule has 8 nitrogen and oxygen atoms in total. The summed E-state index contributed by atoms with van der Waals surface area (Å²) < 4.78 is 6.76. The van der Waals surface area contributed by atoms with Gasteiger partial charge in [-0.05, 0) is 50.6 Å². The molecule has 0 radical (unpaired) electrons. The third-order valence-corrected chi connectivity index (χ3v) is 4.35. The summed E-state index contributed by atoms with van der Waals surface area (Å²) in [6.07, 6.45) is 2.82. The maximum Gasteiger partial charge on any atom is 0.408 e. The Labute approximate surface area is 180 Å². The molecule has 3 N–H and O–H groups in total. The Morgan fingerprint density at radius 2 is 1.74 bits per heavy atom. The Morgan fingerprint density at radius 3 is 2.32 bits per heavy atom. The molecule has 31 heavy (non-hydrogen) atoms. The first-order valence-electron chi connectivity index (χ1n) is 9.92. The highest BCUT2D eigenvalue weighted by Crippen LogP contribution is 2.14. The number of amides is 2. The number of carbonyl (C=O) groups is 2. The number of hydrogen-bond donors (Lipinski definition) is 3. The van der Waals surface area contributed by atoms with Crippen molar-refractivity contribution < 1.29 is 14.3 Å². The molecule has 0 saturated heterocycles. The fourth-order valence-electron chi connectivity index (χ4n) is 2.97. The van der Waals surface area contributed by atoms with Gasteiger partial charge in [-0.25, -0.2) is 9.59 Å². The van der Waals surface area contributed by atoms with Crippen LogP contribution in [0.25, 0.3) is 5.69 Å². The number of imidazole rings is 1. The molecule has 162 valence electrons. The zero-order valence-corrected chi connectivity index (χ0v) is 17.7. The van der Waals surface area contributed by atoms with Gasteiger partial charge in [-0.2, -0.15) is 0 Å². The van der Waals surface area contributed by atoms with Crippen LogP contribution in [0, 0.1) is 0 Å². The van der Waals surface area contributed by atoms with E-state index in [-0.39, 0.29) is 11.6 Å². The quantitative estimate of drug-likeness (QED) is 0.567. The van der Waals surface area contributed by atoms with E-state index in [1.807, 2.05) is 30.3 Å². The number of nitrogens with zero attached hydrogens (tertiary/aromatic N) is 1. The number of hydrogen-bond acceptors (Lipinski definition) is 4. The lowest BCUT2D eigenvalue weighted by Gasteiger charge is -2.23. The second-order valence-electron chi connectivity index (χ2n) is 8.06. The van der Waals surface area contributed by atoms with Crippen LogP contribution < -0.4 is 16.3 Å². The number of rotatable bonds is 6. The molecule has 3 rings (SSSR count). The first kappa shape index (κ1) is 21.9. The highest BCUT2D eigenvalue weighted by molar-refractivity contribution is 5.96. The second kappa shape index (κ2) is 9.34. The average Bonchev–Trinajstić information content (AvgIpc) is 3.13. The average molecular weight is 422 g/mol. The first-order valence-corrected chi connectivity index (χ1v) is 9.92. The van der Waals surface area contributed by atoms with Crippen molar-refractivity contribution in [1.82, 2.24) is 14.9 Å². The molecule has 0 fully saturated rings. The smallest absolute Gasteiger partial charge is 0.408 e. The normalized spacial score (nSPS) is 12.1. The summed E-state index contributed by atoms with van der Waals surface area (Å²) in [4.78, 5) is 39.5. The van der Waals surface area contributed by atoms with Crippen LogP contribution >= 0.6 is 0 Å². The van der Waals surface area contributed by atoms with Gasteiger partial charge in [0.2, 0.25) is 5.91 Å². The van der Waals surface area contributed by atoms with E-state index in [9.17, 15) is 14.4 Å². The number of ether oxygens (including phenoxy) is 1. The number of aromatic amines is 1.